The Bertz CT molecular complexity index is 330. The number of nitrogens with zero attached hydrogens (tertiary/aromatic N) is 1. The van der Waals surface area contributed by atoms with E-state index < -0.39 is 0 Å². The lowest BCUT2D eigenvalue weighted by atomic mass is 10.2. The second kappa shape index (κ2) is 5.76. The highest BCUT2D eigenvalue weighted by atomic mass is 35.5. The van der Waals surface area contributed by atoms with E-state index in [1.165, 1.54) is 0 Å². The molecule has 0 saturated heterocycles. The van der Waals surface area contributed by atoms with Crippen molar-refractivity contribution in [1.29, 1.82) is 0 Å². The van der Waals surface area contributed by atoms with Gasteiger partial charge in [0.15, 0.2) is 0 Å². The summed E-state index contributed by atoms with van der Waals surface area (Å²) in [7, 11) is 0. The molecule has 0 amide bonds. The smallest absolute Gasteiger partial charge is 0.216 e. The molecule has 0 radical (unpaired) electrons. The monoisotopic (exact) mass is 225 g/mol. The molecule has 0 aliphatic carbocycles. The first-order valence-corrected chi connectivity index (χ1v) is 5.47. The molecule has 3 heteroatoms. The normalized spacial score (nSPS) is 11.9. The van der Waals surface area contributed by atoms with Gasteiger partial charge >= 0.3 is 0 Å². The molecule has 1 aromatic carbocycles. The van der Waals surface area contributed by atoms with E-state index >= 15 is 0 Å². The van der Waals surface area contributed by atoms with Crippen molar-refractivity contribution < 1.29 is 4.74 Å². The molecule has 82 valence electrons. The van der Waals surface area contributed by atoms with Crippen LogP contribution in [0.25, 0.3) is 0 Å². The van der Waals surface area contributed by atoms with Gasteiger partial charge in [0.25, 0.3) is 0 Å². The minimum atomic E-state index is 0.224. The number of aliphatic imine (C=N–C) groups is 1. The average Bonchev–Trinajstić information content (AvgIpc) is 2.17. The molecule has 0 heterocycles. The fourth-order valence-corrected chi connectivity index (χ4v) is 1.28. The van der Waals surface area contributed by atoms with Gasteiger partial charge in [-0.2, -0.15) is 0 Å². The Morgan fingerprint density at radius 2 is 1.93 bits per heavy atom. The van der Waals surface area contributed by atoms with Crippen LogP contribution >= 0.6 is 11.6 Å². The zero-order valence-electron chi connectivity index (χ0n) is 9.33. The van der Waals surface area contributed by atoms with Crippen LogP contribution in [-0.4, -0.2) is 18.5 Å². The molecular weight excluding hydrogens is 210 g/mol. The van der Waals surface area contributed by atoms with Crippen LogP contribution in [0.3, 0.4) is 0 Å². The van der Waals surface area contributed by atoms with Crippen molar-refractivity contribution in [3.05, 3.63) is 34.9 Å². The lowest BCUT2D eigenvalue weighted by molar-refractivity contribution is 0.325. The van der Waals surface area contributed by atoms with E-state index in [0.717, 1.165) is 10.6 Å². The molecule has 0 atom stereocenters. The van der Waals surface area contributed by atoms with E-state index in [2.05, 4.69) is 4.99 Å². The maximum Gasteiger partial charge on any atom is 0.216 e. The van der Waals surface area contributed by atoms with Crippen LogP contribution in [0.1, 0.15) is 26.3 Å². The molecule has 0 N–H and O–H groups in total. The first-order chi connectivity index (χ1) is 7.13. The second-order valence-electron chi connectivity index (χ2n) is 3.47. The molecule has 1 rings (SSSR count). The lowest BCUT2D eigenvalue weighted by Crippen LogP contribution is -2.09. The van der Waals surface area contributed by atoms with Gasteiger partial charge in [0.1, 0.15) is 0 Å². The minimum absolute atomic E-state index is 0.224. The Morgan fingerprint density at radius 3 is 2.40 bits per heavy atom. The van der Waals surface area contributed by atoms with Crippen molar-refractivity contribution in [1.82, 2.24) is 0 Å². The van der Waals surface area contributed by atoms with Gasteiger partial charge in [-0.3, -0.25) is 0 Å². The molecule has 2 nitrogen and oxygen atoms in total. The predicted octanol–water partition coefficient (Wildman–Crippen LogP) is 3.53. The Labute approximate surface area is 95.9 Å². The third kappa shape index (κ3) is 3.92. The van der Waals surface area contributed by atoms with Crippen LogP contribution in [0, 0.1) is 0 Å². The fourth-order valence-electron chi connectivity index (χ4n) is 1.16. The van der Waals surface area contributed by atoms with Crippen molar-refractivity contribution in [3.63, 3.8) is 0 Å². The van der Waals surface area contributed by atoms with E-state index in [-0.39, 0.29) is 6.04 Å². The summed E-state index contributed by atoms with van der Waals surface area (Å²) < 4.78 is 5.49. The van der Waals surface area contributed by atoms with Gasteiger partial charge in [-0.25, -0.2) is 4.99 Å². The highest BCUT2D eigenvalue weighted by molar-refractivity contribution is 6.30. The number of hydrogen-bond acceptors (Lipinski definition) is 2. The maximum absolute atomic E-state index is 5.82. The summed E-state index contributed by atoms with van der Waals surface area (Å²) in [5.41, 5.74) is 0.968. The quantitative estimate of drug-likeness (QED) is 0.570. The number of benzene rings is 1. The van der Waals surface area contributed by atoms with E-state index in [1.807, 2.05) is 45.0 Å². The molecule has 0 aliphatic heterocycles. The van der Waals surface area contributed by atoms with Crippen molar-refractivity contribution in [3.8, 4) is 0 Å². The summed E-state index contributed by atoms with van der Waals surface area (Å²) >= 11 is 5.82. The number of halogens is 1. The molecule has 0 aromatic heterocycles. The summed E-state index contributed by atoms with van der Waals surface area (Å²) in [4.78, 5) is 4.42. The lowest BCUT2D eigenvalue weighted by Gasteiger charge is -2.09. The Morgan fingerprint density at radius 1 is 1.33 bits per heavy atom. The van der Waals surface area contributed by atoms with Crippen LogP contribution in [0.15, 0.2) is 29.3 Å². The molecule has 0 unspecified atom stereocenters. The summed E-state index contributed by atoms with van der Waals surface area (Å²) in [6, 6.07) is 7.73. The van der Waals surface area contributed by atoms with Crippen LogP contribution in [0.2, 0.25) is 5.02 Å². The number of ether oxygens (including phenoxy) is 1. The second-order valence-corrected chi connectivity index (χ2v) is 3.90. The van der Waals surface area contributed by atoms with Crippen LogP contribution in [-0.2, 0) is 4.74 Å². The third-order valence-electron chi connectivity index (χ3n) is 1.75. The maximum atomic E-state index is 5.82. The molecule has 0 bridgehead atoms. The zero-order chi connectivity index (χ0) is 11.3. The van der Waals surface area contributed by atoms with E-state index in [1.54, 1.807) is 0 Å². The van der Waals surface area contributed by atoms with Gasteiger partial charge in [0.05, 0.1) is 6.61 Å². The Kier molecular flexibility index (Phi) is 4.63. The average molecular weight is 226 g/mol. The molecule has 1 aromatic rings. The van der Waals surface area contributed by atoms with Gasteiger partial charge in [0.2, 0.25) is 5.90 Å². The Hall–Kier alpha value is -1.02. The minimum Gasteiger partial charge on any atom is -0.478 e. The Balaban J connectivity index is 2.94. The molecular formula is C12H16ClNO. The van der Waals surface area contributed by atoms with Gasteiger partial charge in [-0.1, -0.05) is 11.6 Å². The van der Waals surface area contributed by atoms with Gasteiger partial charge in [0, 0.05) is 16.6 Å². The van der Waals surface area contributed by atoms with E-state index in [0.29, 0.717) is 12.5 Å². The first-order valence-electron chi connectivity index (χ1n) is 5.10. The van der Waals surface area contributed by atoms with Crippen LogP contribution < -0.4 is 0 Å². The van der Waals surface area contributed by atoms with Crippen LogP contribution in [0.4, 0.5) is 0 Å². The number of rotatable bonds is 3. The number of hydrogen-bond donors (Lipinski definition) is 0. The summed E-state index contributed by atoms with van der Waals surface area (Å²) in [6.45, 7) is 6.61. The van der Waals surface area contributed by atoms with Crippen molar-refractivity contribution in [2.75, 3.05) is 6.61 Å². The van der Waals surface area contributed by atoms with Crippen LogP contribution in [0.5, 0.6) is 0 Å². The highest BCUT2D eigenvalue weighted by Crippen LogP contribution is 2.11. The molecule has 0 fully saturated rings. The van der Waals surface area contributed by atoms with Crippen molar-refractivity contribution in [2.45, 2.75) is 26.8 Å². The molecule has 0 spiro atoms. The molecule has 0 aliphatic rings. The molecule has 15 heavy (non-hydrogen) atoms. The van der Waals surface area contributed by atoms with Crippen molar-refractivity contribution in [2.24, 2.45) is 4.99 Å². The summed E-state index contributed by atoms with van der Waals surface area (Å²) in [5, 5.41) is 0.721. The topological polar surface area (TPSA) is 21.6 Å². The van der Waals surface area contributed by atoms with Crippen molar-refractivity contribution >= 4 is 17.5 Å². The first kappa shape index (κ1) is 12.1. The zero-order valence-corrected chi connectivity index (χ0v) is 10.1. The van der Waals surface area contributed by atoms with Gasteiger partial charge in [-0.15, -0.1) is 0 Å². The third-order valence-corrected chi connectivity index (χ3v) is 2.00. The summed E-state index contributed by atoms with van der Waals surface area (Å²) in [6.07, 6.45) is 0. The predicted molar refractivity (Wildman–Crippen MR) is 64.8 cm³/mol. The highest BCUT2D eigenvalue weighted by Gasteiger charge is 2.04. The molecule has 0 saturated carbocycles. The largest absolute Gasteiger partial charge is 0.478 e. The van der Waals surface area contributed by atoms with Gasteiger partial charge < -0.3 is 4.74 Å². The fraction of sp³-hybridized carbons (Fsp3) is 0.417. The van der Waals surface area contributed by atoms with E-state index in [9.17, 15) is 0 Å². The summed E-state index contributed by atoms with van der Waals surface area (Å²) in [5.74, 6) is 0.684. The van der Waals surface area contributed by atoms with Gasteiger partial charge in [-0.05, 0) is 45.0 Å². The standard InChI is InChI=1S/C12H16ClNO/c1-4-15-12(14-9(2)3)10-5-7-11(13)8-6-10/h5-9H,4H2,1-3H3. The van der Waals surface area contributed by atoms with E-state index in [4.69, 9.17) is 16.3 Å². The SMILES string of the molecule is CCOC(=NC(C)C)c1ccc(Cl)cc1.